The van der Waals surface area contributed by atoms with Crippen molar-refractivity contribution in [2.75, 3.05) is 7.11 Å². The lowest BCUT2D eigenvalue weighted by Crippen LogP contribution is -2.21. The van der Waals surface area contributed by atoms with Crippen molar-refractivity contribution in [1.29, 1.82) is 0 Å². The Morgan fingerprint density at radius 2 is 2.24 bits per heavy atom. The van der Waals surface area contributed by atoms with Crippen molar-refractivity contribution in [2.24, 2.45) is 0 Å². The third kappa shape index (κ3) is 3.82. The second kappa shape index (κ2) is 7.22. The van der Waals surface area contributed by atoms with Gasteiger partial charge in [-0.1, -0.05) is 13.0 Å². The first-order valence-electron chi connectivity index (χ1n) is 7.22. The maximum atomic E-state index is 13.7. The van der Waals surface area contributed by atoms with Gasteiger partial charge < -0.3 is 14.6 Å². The molecule has 4 nitrogen and oxygen atoms in total. The monoisotopic (exact) mass is 291 g/mol. The van der Waals surface area contributed by atoms with Crippen LogP contribution in [-0.2, 0) is 13.1 Å². The number of rotatable bonds is 7. The molecule has 0 aliphatic carbocycles. The minimum absolute atomic E-state index is 0.0391. The Bertz CT molecular complexity index is 583. The van der Waals surface area contributed by atoms with Gasteiger partial charge in [-0.25, -0.2) is 9.37 Å². The van der Waals surface area contributed by atoms with Crippen molar-refractivity contribution in [3.05, 3.63) is 47.8 Å². The van der Waals surface area contributed by atoms with Gasteiger partial charge in [0.25, 0.3) is 0 Å². The summed E-state index contributed by atoms with van der Waals surface area (Å²) in [6.45, 7) is 5.76. The van der Waals surface area contributed by atoms with Crippen LogP contribution in [0.1, 0.15) is 37.7 Å². The van der Waals surface area contributed by atoms with Gasteiger partial charge in [0.2, 0.25) is 0 Å². The highest BCUT2D eigenvalue weighted by molar-refractivity contribution is 5.30. The zero-order valence-electron chi connectivity index (χ0n) is 12.8. The van der Waals surface area contributed by atoms with E-state index in [2.05, 4.69) is 21.8 Å². The fraction of sp³-hybridized carbons (Fsp3) is 0.438. The molecule has 1 unspecified atom stereocenters. The van der Waals surface area contributed by atoms with E-state index < -0.39 is 0 Å². The van der Waals surface area contributed by atoms with Crippen LogP contribution in [0.5, 0.6) is 5.75 Å². The molecule has 0 fully saturated rings. The Morgan fingerprint density at radius 1 is 1.43 bits per heavy atom. The van der Waals surface area contributed by atoms with E-state index in [9.17, 15) is 4.39 Å². The normalized spacial score (nSPS) is 12.4. The van der Waals surface area contributed by atoms with E-state index in [0.29, 0.717) is 6.54 Å². The smallest absolute Gasteiger partial charge is 0.165 e. The van der Waals surface area contributed by atoms with Crippen LogP contribution in [0.3, 0.4) is 0 Å². The van der Waals surface area contributed by atoms with Crippen LogP contribution < -0.4 is 10.1 Å². The number of aromatic nitrogens is 2. The molecule has 0 aliphatic heterocycles. The van der Waals surface area contributed by atoms with Gasteiger partial charge in [-0.05, 0) is 31.0 Å². The molecule has 0 spiro atoms. The number of hydrogen-bond donors (Lipinski definition) is 1. The Hall–Kier alpha value is -1.88. The maximum absolute atomic E-state index is 13.7. The molecule has 114 valence electrons. The number of imidazole rings is 1. The van der Waals surface area contributed by atoms with Crippen LogP contribution in [0.25, 0.3) is 0 Å². The summed E-state index contributed by atoms with van der Waals surface area (Å²) in [5.74, 6) is 0.929. The highest BCUT2D eigenvalue weighted by atomic mass is 19.1. The summed E-state index contributed by atoms with van der Waals surface area (Å²) in [5.41, 5.74) is 0.891. The molecule has 0 bridgehead atoms. The zero-order chi connectivity index (χ0) is 15.2. The lowest BCUT2D eigenvalue weighted by Gasteiger charge is -2.15. The Morgan fingerprint density at radius 3 is 2.90 bits per heavy atom. The van der Waals surface area contributed by atoms with E-state index in [1.807, 2.05) is 25.4 Å². The molecule has 5 heteroatoms. The van der Waals surface area contributed by atoms with Gasteiger partial charge in [-0.3, -0.25) is 0 Å². The summed E-state index contributed by atoms with van der Waals surface area (Å²) in [6.07, 6.45) is 4.87. The first-order chi connectivity index (χ1) is 10.2. The van der Waals surface area contributed by atoms with Crippen molar-refractivity contribution in [2.45, 2.75) is 39.4 Å². The van der Waals surface area contributed by atoms with Crippen molar-refractivity contribution in [3.63, 3.8) is 0 Å². The van der Waals surface area contributed by atoms with Crippen LogP contribution in [0, 0.1) is 5.82 Å². The summed E-state index contributed by atoms with van der Waals surface area (Å²) in [5, 5.41) is 3.37. The average Bonchev–Trinajstić information content (AvgIpc) is 2.92. The zero-order valence-corrected chi connectivity index (χ0v) is 12.8. The van der Waals surface area contributed by atoms with Gasteiger partial charge in [-0.15, -0.1) is 0 Å². The quantitative estimate of drug-likeness (QED) is 0.851. The molecule has 2 rings (SSSR count). The number of nitrogens with zero attached hydrogens (tertiary/aromatic N) is 2. The average molecular weight is 291 g/mol. The predicted octanol–water partition coefficient (Wildman–Crippen LogP) is 3.29. The Balaban J connectivity index is 1.99. The van der Waals surface area contributed by atoms with Crippen LogP contribution >= 0.6 is 0 Å². The van der Waals surface area contributed by atoms with Gasteiger partial charge >= 0.3 is 0 Å². The molecule has 1 atom stereocenters. The third-order valence-corrected chi connectivity index (χ3v) is 3.51. The molecular formula is C16H22FN3O. The van der Waals surface area contributed by atoms with Crippen molar-refractivity contribution >= 4 is 0 Å². The standard InChI is InChI=1S/C16H22FN3O/c1-4-8-20-9-7-18-16(20)11-19-12(2)13-5-6-15(21-3)14(17)10-13/h5-7,9-10,12,19H,4,8,11H2,1-3H3. The van der Waals surface area contributed by atoms with Gasteiger partial charge in [0.15, 0.2) is 11.6 Å². The number of hydrogen-bond acceptors (Lipinski definition) is 3. The van der Waals surface area contributed by atoms with Crippen molar-refractivity contribution < 1.29 is 9.13 Å². The van der Waals surface area contributed by atoms with Crippen LogP contribution in [0.4, 0.5) is 4.39 Å². The molecule has 0 saturated carbocycles. The molecule has 1 N–H and O–H groups in total. The molecule has 1 aromatic carbocycles. The Kier molecular flexibility index (Phi) is 5.33. The molecule has 0 aliphatic rings. The highest BCUT2D eigenvalue weighted by Gasteiger charge is 2.10. The van der Waals surface area contributed by atoms with Crippen molar-refractivity contribution in [3.8, 4) is 5.75 Å². The lowest BCUT2D eigenvalue weighted by atomic mass is 10.1. The fourth-order valence-corrected chi connectivity index (χ4v) is 2.27. The van der Waals surface area contributed by atoms with Crippen LogP contribution in [0.15, 0.2) is 30.6 Å². The molecule has 0 amide bonds. The molecule has 2 aromatic rings. The molecular weight excluding hydrogens is 269 g/mol. The maximum Gasteiger partial charge on any atom is 0.165 e. The number of ether oxygens (including phenoxy) is 1. The second-order valence-electron chi connectivity index (χ2n) is 5.03. The first-order valence-corrected chi connectivity index (χ1v) is 7.22. The van der Waals surface area contributed by atoms with Crippen LogP contribution in [-0.4, -0.2) is 16.7 Å². The number of methoxy groups -OCH3 is 1. The molecule has 0 radical (unpaired) electrons. The minimum atomic E-state index is -0.337. The number of aryl methyl sites for hydroxylation is 1. The molecule has 1 heterocycles. The molecule has 21 heavy (non-hydrogen) atoms. The first kappa shape index (κ1) is 15.5. The van der Waals surface area contributed by atoms with Gasteiger partial charge in [0.05, 0.1) is 13.7 Å². The van der Waals surface area contributed by atoms with Gasteiger partial charge in [-0.2, -0.15) is 0 Å². The topological polar surface area (TPSA) is 39.1 Å². The van der Waals surface area contributed by atoms with E-state index in [-0.39, 0.29) is 17.6 Å². The van der Waals surface area contributed by atoms with Crippen LogP contribution in [0.2, 0.25) is 0 Å². The number of halogens is 1. The SMILES string of the molecule is CCCn1ccnc1CNC(C)c1ccc(OC)c(F)c1. The highest BCUT2D eigenvalue weighted by Crippen LogP contribution is 2.21. The number of benzene rings is 1. The summed E-state index contributed by atoms with van der Waals surface area (Å²) >= 11 is 0. The summed E-state index contributed by atoms with van der Waals surface area (Å²) in [7, 11) is 1.47. The predicted molar refractivity (Wildman–Crippen MR) is 80.7 cm³/mol. The van der Waals surface area contributed by atoms with Gasteiger partial charge in [0, 0.05) is 25.0 Å². The largest absolute Gasteiger partial charge is 0.494 e. The second-order valence-corrected chi connectivity index (χ2v) is 5.03. The molecule has 0 saturated heterocycles. The van der Waals surface area contributed by atoms with Gasteiger partial charge in [0.1, 0.15) is 5.82 Å². The van der Waals surface area contributed by atoms with Crippen molar-refractivity contribution in [1.82, 2.24) is 14.9 Å². The van der Waals surface area contributed by atoms with E-state index in [1.165, 1.54) is 13.2 Å². The summed E-state index contributed by atoms with van der Waals surface area (Å²) in [6, 6.07) is 5.07. The van der Waals surface area contributed by atoms with E-state index in [1.54, 1.807) is 6.07 Å². The number of nitrogens with one attached hydrogen (secondary N) is 1. The van der Waals surface area contributed by atoms with E-state index >= 15 is 0 Å². The summed E-state index contributed by atoms with van der Waals surface area (Å²) in [4.78, 5) is 4.35. The fourth-order valence-electron chi connectivity index (χ4n) is 2.27. The minimum Gasteiger partial charge on any atom is -0.494 e. The third-order valence-electron chi connectivity index (χ3n) is 3.51. The Labute approximate surface area is 125 Å². The van der Waals surface area contributed by atoms with E-state index in [0.717, 1.165) is 24.4 Å². The lowest BCUT2D eigenvalue weighted by molar-refractivity contribution is 0.385. The molecule has 1 aromatic heterocycles. The van der Waals surface area contributed by atoms with E-state index in [4.69, 9.17) is 4.74 Å². The summed E-state index contributed by atoms with van der Waals surface area (Å²) < 4.78 is 20.8.